The van der Waals surface area contributed by atoms with Crippen molar-refractivity contribution in [1.82, 2.24) is 0 Å². The summed E-state index contributed by atoms with van der Waals surface area (Å²) in [6, 6.07) is 20.6. The largest absolute Gasteiger partial charge is 0.496 e. The molecule has 0 aromatic heterocycles. The molecule has 0 saturated carbocycles. The number of para-hydroxylation sites is 3. The van der Waals surface area contributed by atoms with E-state index in [1.165, 1.54) is 25.3 Å². The minimum Gasteiger partial charge on any atom is -0.496 e. The van der Waals surface area contributed by atoms with Crippen molar-refractivity contribution < 1.29 is 18.7 Å². The fourth-order valence-electron chi connectivity index (χ4n) is 4.28. The molecule has 0 N–H and O–H groups in total. The zero-order valence-corrected chi connectivity index (χ0v) is 16.8. The topological polar surface area (TPSA) is 49.9 Å². The monoisotopic (exact) mass is 414 g/mol. The number of hydrogen-bond donors (Lipinski definition) is 0. The van der Waals surface area contributed by atoms with Crippen molar-refractivity contribution in [3.8, 4) is 5.75 Å². The summed E-state index contributed by atoms with van der Waals surface area (Å²) < 4.78 is 20.1. The second-order valence-electron chi connectivity index (χ2n) is 7.35. The van der Waals surface area contributed by atoms with Gasteiger partial charge in [0.1, 0.15) is 17.3 Å². The lowest BCUT2D eigenvalue weighted by Crippen LogP contribution is -2.35. The number of methoxy groups -OCH3 is 1. The van der Waals surface area contributed by atoms with Gasteiger partial charge in [0, 0.05) is 17.8 Å². The Balaban J connectivity index is 1.74. The molecule has 2 aliphatic heterocycles. The van der Waals surface area contributed by atoms with Gasteiger partial charge in [-0.05, 0) is 36.2 Å². The lowest BCUT2D eigenvalue weighted by Gasteiger charge is -2.22. The van der Waals surface area contributed by atoms with Crippen molar-refractivity contribution >= 4 is 28.8 Å². The Labute approximate surface area is 179 Å². The van der Waals surface area contributed by atoms with Crippen LogP contribution in [0.15, 0.2) is 78.5 Å². The Morgan fingerprint density at radius 2 is 1.52 bits per heavy atom. The van der Waals surface area contributed by atoms with Crippen LogP contribution in [0.1, 0.15) is 11.1 Å². The van der Waals surface area contributed by atoms with Gasteiger partial charge in [0.25, 0.3) is 11.8 Å². The molecule has 5 nitrogen and oxygen atoms in total. The van der Waals surface area contributed by atoms with Gasteiger partial charge in [-0.25, -0.2) is 9.29 Å². The molecule has 3 aromatic rings. The van der Waals surface area contributed by atoms with Crippen LogP contribution in [0.25, 0.3) is 5.57 Å². The highest BCUT2D eigenvalue weighted by Crippen LogP contribution is 2.42. The van der Waals surface area contributed by atoms with Gasteiger partial charge in [-0.3, -0.25) is 9.59 Å². The molecule has 0 spiro atoms. The molecular weight excluding hydrogens is 395 g/mol. The van der Waals surface area contributed by atoms with E-state index >= 15 is 0 Å². The summed E-state index contributed by atoms with van der Waals surface area (Å²) in [5, 5.41) is 0. The molecule has 0 unspecified atom stereocenters. The van der Waals surface area contributed by atoms with Crippen LogP contribution in [0, 0.1) is 5.82 Å². The standard InChI is InChI=1S/C25H19FN2O3/c1-31-21-13-7-3-9-17(21)22-23(27-15-14-16-8-2-5-11-19(16)27)25(30)28(24(22)29)20-12-6-4-10-18(20)26/h2-13H,14-15H2,1H3. The number of rotatable bonds is 4. The number of anilines is 2. The summed E-state index contributed by atoms with van der Waals surface area (Å²) in [5.74, 6) is -1.28. The maximum Gasteiger partial charge on any atom is 0.282 e. The van der Waals surface area contributed by atoms with E-state index in [2.05, 4.69) is 0 Å². The molecule has 31 heavy (non-hydrogen) atoms. The van der Waals surface area contributed by atoms with Crippen LogP contribution < -0.4 is 14.5 Å². The van der Waals surface area contributed by atoms with Crippen LogP contribution in [0.5, 0.6) is 5.75 Å². The summed E-state index contributed by atoms with van der Waals surface area (Å²) in [4.78, 5) is 30.0. The fourth-order valence-corrected chi connectivity index (χ4v) is 4.28. The maximum atomic E-state index is 14.6. The van der Waals surface area contributed by atoms with Gasteiger partial charge in [-0.2, -0.15) is 0 Å². The van der Waals surface area contributed by atoms with Gasteiger partial charge < -0.3 is 9.64 Å². The van der Waals surface area contributed by atoms with Crippen molar-refractivity contribution in [3.05, 3.63) is 95.4 Å². The van der Waals surface area contributed by atoms with Crippen LogP contribution in [0.3, 0.4) is 0 Å². The molecule has 0 atom stereocenters. The zero-order chi connectivity index (χ0) is 21.5. The number of carbonyl (C=O) groups is 2. The van der Waals surface area contributed by atoms with Gasteiger partial charge in [-0.15, -0.1) is 0 Å². The molecule has 154 valence electrons. The van der Waals surface area contributed by atoms with E-state index in [9.17, 15) is 14.0 Å². The molecule has 5 rings (SSSR count). The number of carbonyl (C=O) groups excluding carboxylic acids is 2. The lowest BCUT2D eigenvalue weighted by atomic mass is 10.0. The predicted molar refractivity (Wildman–Crippen MR) is 116 cm³/mol. The third kappa shape index (κ3) is 2.91. The van der Waals surface area contributed by atoms with E-state index < -0.39 is 17.6 Å². The van der Waals surface area contributed by atoms with Crippen LogP contribution in [-0.4, -0.2) is 25.5 Å². The molecule has 3 aromatic carbocycles. The number of imide groups is 1. The minimum absolute atomic E-state index is 0.0626. The average Bonchev–Trinajstić information content (AvgIpc) is 3.32. The average molecular weight is 414 g/mol. The normalized spacial score (nSPS) is 15.7. The van der Waals surface area contributed by atoms with Gasteiger partial charge in [0.15, 0.2) is 0 Å². The summed E-state index contributed by atoms with van der Waals surface area (Å²) in [6.07, 6.45) is 0.750. The SMILES string of the molecule is COc1ccccc1C1=C(N2CCc3ccccc32)C(=O)N(c2ccccc2F)C1=O. The first-order valence-electron chi connectivity index (χ1n) is 9.98. The first-order valence-corrected chi connectivity index (χ1v) is 9.98. The Morgan fingerprint density at radius 3 is 2.29 bits per heavy atom. The van der Waals surface area contributed by atoms with Crippen LogP contribution in [-0.2, 0) is 16.0 Å². The molecule has 0 bridgehead atoms. The van der Waals surface area contributed by atoms with Crippen molar-refractivity contribution in [2.45, 2.75) is 6.42 Å². The summed E-state index contributed by atoms with van der Waals surface area (Å²) in [5.41, 5.74) is 2.86. The van der Waals surface area contributed by atoms with Crippen molar-refractivity contribution in [2.75, 3.05) is 23.5 Å². The van der Waals surface area contributed by atoms with Crippen LogP contribution in [0.2, 0.25) is 0 Å². The Morgan fingerprint density at radius 1 is 0.839 bits per heavy atom. The van der Waals surface area contributed by atoms with E-state index in [4.69, 9.17) is 4.74 Å². The predicted octanol–water partition coefficient (Wildman–Crippen LogP) is 4.18. The highest BCUT2D eigenvalue weighted by molar-refractivity contribution is 6.46. The molecule has 0 radical (unpaired) electrons. The van der Waals surface area contributed by atoms with Gasteiger partial charge in [0.2, 0.25) is 0 Å². The second-order valence-corrected chi connectivity index (χ2v) is 7.35. The third-order valence-electron chi connectivity index (χ3n) is 5.69. The highest BCUT2D eigenvalue weighted by Gasteiger charge is 2.45. The highest BCUT2D eigenvalue weighted by atomic mass is 19.1. The molecule has 0 aliphatic carbocycles. The molecule has 2 amide bonds. The van der Waals surface area contributed by atoms with E-state index in [0.29, 0.717) is 17.9 Å². The van der Waals surface area contributed by atoms with E-state index in [1.807, 2.05) is 29.2 Å². The minimum atomic E-state index is -0.633. The number of halogens is 1. The fraction of sp³-hybridized carbons (Fsp3) is 0.120. The smallest absolute Gasteiger partial charge is 0.282 e. The van der Waals surface area contributed by atoms with E-state index in [0.717, 1.165) is 22.6 Å². The molecule has 2 heterocycles. The molecular formula is C25H19FN2O3. The Hall–Kier alpha value is -3.93. The van der Waals surface area contributed by atoms with Crippen molar-refractivity contribution in [2.24, 2.45) is 0 Å². The van der Waals surface area contributed by atoms with E-state index in [-0.39, 0.29) is 17.0 Å². The number of nitrogens with zero attached hydrogens (tertiary/aromatic N) is 2. The first kappa shape index (κ1) is 19.1. The maximum absolute atomic E-state index is 14.6. The van der Waals surface area contributed by atoms with E-state index in [1.54, 1.807) is 30.3 Å². The molecule has 6 heteroatoms. The number of ether oxygens (including phenoxy) is 1. The van der Waals surface area contributed by atoms with Gasteiger partial charge in [-0.1, -0.05) is 48.5 Å². The summed E-state index contributed by atoms with van der Waals surface area (Å²) in [7, 11) is 1.51. The summed E-state index contributed by atoms with van der Waals surface area (Å²) >= 11 is 0. The number of amides is 2. The van der Waals surface area contributed by atoms with Gasteiger partial charge in [0.05, 0.1) is 18.4 Å². The number of hydrogen-bond acceptors (Lipinski definition) is 4. The van der Waals surface area contributed by atoms with Crippen molar-refractivity contribution in [3.63, 3.8) is 0 Å². The van der Waals surface area contributed by atoms with Crippen LogP contribution in [0.4, 0.5) is 15.8 Å². The molecule has 0 fully saturated rings. The number of benzene rings is 3. The van der Waals surface area contributed by atoms with Crippen LogP contribution >= 0.6 is 0 Å². The Bertz CT molecular complexity index is 1250. The van der Waals surface area contributed by atoms with Gasteiger partial charge >= 0.3 is 0 Å². The van der Waals surface area contributed by atoms with Crippen molar-refractivity contribution in [1.29, 1.82) is 0 Å². The third-order valence-corrected chi connectivity index (χ3v) is 5.69. The quantitative estimate of drug-likeness (QED) is 0.601. The summed E-state index contributed by atoms with van der Waals surface area (Å²) in [6.45, 7) is 0.553. The Kier molecular flexibility index (Phi) is 4.55. The molecule has 0 saturated heterocycles. The second kappa shape index (κ2) is 7.40. The lowest BCUT2D eigenvalue weighted by molar-refractivity contribution is -0.120. The first-order chi connectivity index (χ1) is 15.1. The zero-order valence-electron chi connectivity index (χ0n) is 16.8. The number of fused-ring (bicyclic) bond motifs is 1. The molecule has 2 aliphatic rings.